The third-order valence-electron chi connectivity index (χ3n) is 5.33. The minimum absolute atomic E-state index is 0.0219. The van der Waals surface area contributed by atoms with Crippen LogP contribution in [0.2, 0.25) is 0 Å². The van der Waals surface area contributed by atoms with Gasteiger partial charge in [0.1, 0.15) is 11.3 Å². The molecule has 2 aromatic rings. The summed E-state index contributed by atoms with van der Waals surface area (Å²) in [5.41, 5.74) is 5.59. The van der Waals surface area contributed by atoms with E-state index in [1.807, 2.05) is 0 Å². The number of amides is 1. The lowest BCUT2D eigenvalue weighted by Gasteiger charge is -2.29. The minimum atomic E-state index is -5.08. The molecule has 35 heavy (non-hydrogen) atoms. The fourth-order valence-electron chi connectivity index (χ4n) is 3.55. The fourth-order valence-corrected chi connectivity index (χ4v) is 3.55. The minimum Gasteiger partial charge on any atom is -0.492 e. The first-order valence-electron chi connectivity index (χ1n) is 10.8. The number of pyridine rings is 2. The Morgan fingerprint density at radius 1 is 1.11 bits per heavy atom. The van der Waals surface area contributed by atoms with Gasteiger partial charge in [0.15, 0.2) is 0 Å². The lowest BCUT2D eigenvalue weighted by molar-refractivity contribution is -0.192. The zero-order chi connectivity index (χ0) is 26.2. The van der Waals surface area contributed by atoms with Gasteiger partial charge in [-0.3, -0.25) is 18.8 Å². The van der Waals surface area contributed by atoms with Gasteiger partial charge < -0.3 is 26.0 Å². The second-order valence-corrected chi connectivity index (χ2v) is 7.81. The van der Waals surface area contributed by atoms with Crippen molar-refractivity contribution in [2.75, 3.05) is 13.2 Å². The number of carboxylic acids is 2. The van der Waals surface area contributed by atoms with Gasteiger partial charge in [-0.2, -0.15) is 13.2 Å². The molecule has 1 saturated carbocycles. The Kier molecular flexibility index (Phi) is 9.63. The Balaban J connectivity index is 0.000000540. The molecule has 10 nitrogen and oxygen atoms in total. The van der Waals surface area contributed by atoms with E-state index in [9.17, 15) is 32.7 Å². The number of nitrogens with two attached hydrogens (primary N) is 1. The summed E-state index contributed by atoms with van der Waals surface area (Å²) in [4.78, 5) is 45.8. The summed E-state index contributed by atoms with van der Waals surface area (Å²) < 4.78 is 38.7. The van der Waals surface area contributed by atoms with Gasteiger partial charge in [0, 0.05) is 11.6 Å². The number of aromatic nitrogens is 1. The van der Waals surface area contributed by atoms with Crippen LogP contribution >= 0.6 is 0 Å². The molecule has 1 amide bonds. The van der Waals surface area contributed by atoms with E-state index in [1.54, 1.807) is 24.4 Å². The Bertz CT molecular complexity index is 1120. The van der Waals surface area contributed by atoms with Crippen molar-refractivity contribution in [2.24, 2.45) is 11.7 Å². The predicted molar refractivity (Wildman–Crippen MR) is 117 cm³/mol. The number of carbonyl (C=O) groups excluding carboxylic acids is 1. The number of halogens is 3. The molecule has 2 atom stereocenters. The molecule has 1 aliphatic carbocycles. The monoisotopic (exact) mass is 501 g/mol. The first-order valence-corrected chi connectivity index (χ1v) is 10.8. The zero-order valence-corrected chi connectivity index (χ0v) is 18.6. The van der Waals surface area contributed by atoms with Crippen LogP contribution in [0.5, 0.6) is 5.75 Å². The molecule has 1 fully saturated rings. The van der Waals surface area contributed by atoms with E-state index in [4.69, 9.17) is 20.4 Å². The van der Waals surface area contributed by atoms with Gasteiger partial charge in [0.2, 0.25) is 0 Å². The van der Waals surface area contributed by atoms with Crippen molar-refractivity contribution in [1.29, 1.82) is 0 Å². The molecule has 0 radical (unpaired) electrons. The van der Waals surface area contributed by atoms with E-state index < -0.39 is 41.5 Å². The molecule has 0 unspecified atom stereocenters. The summed E-state index contributed by atoms with van der Waals surface area (Å²) in [5, 5.41) is 19.2. The smallest absolute Gasteiger partial charge is 0.490 e. The van der Waals surface area contributed by atoms with Crippen LogP contribution in [0.3, 0.4) is 0 Å². The summed E-state index contributed by atoms with van der Waals surface area (Å²) in [6, 6.07) is 6.17. The Labute approximate surface area is 197 Å². The standard InChI is InChI=1S/C20H25N3O5.C2HF3O2/c21-10-3-11-28-14-8-6-13-7-9-16(19(25)23(13)12-14)18(24)22-17-5-2-1-4-15(17)20(26)27;3-2(4,5)1(6)7/h6-9,12,15,17H,1-5,10-11,21H2,(H,22,24)(H,26,27);(H,6,7)/t15-,17-;/m0./s1. The van der Waals surface area contributed by atoms with E-state index in [0.29, 0.717) is 43.7 Å². The van der Waals surface area contributed by atoms with Crippen LogP contribution in [-0.4, -0.2) is 57.8 Å². The van der Waals surface area contributed by atoms with E-state index in [-0.39, 0.29) is 5.56 Å². The van der Waals surface area contributed by atoms with Crippen LogP contribution in [0.4, 0.5) is 13.2 Å². The maximum absolute atomic E-state index is 12.8. The molecule has 0 aromatic carbocycles. The van der Waals surface area contributed by atoms with Crippen LogP contribution in [0, 0.1) is 5.92 Å². The quantitative estimate of drug-likeness (QED) is 0.419. The maximum Gasteiger partial charge on any atom is 0.490 e. The summed E-state index contributed by atoms with van der Waals surface area (Å²) in [5.74, 6) is -4.33. The molecule has 13 heteroatoms. The molecule has 0 spiro atoms. The lowest BCUT2D eigenvalue weighted by atomic mass is 9.84. The number of aliphatic carboxylic acids is 2. The van der Waals surface area contributed by atoms with E-state index in [0.717, 1.165) is 12.8 Å². The van der Waals surface area contributed by atoms with Crippen molar-refractivity contribution in [3.8, 4) is 5.75 Å². The van der Waals surface area contributed by atoms with Crippen LogP contribution < -0.4 is 21.3 Å². The summed E-state index contributed by atoms with van der Waals surface area (Å²) in [7, 11) is 0. The van der Waals surface area contributed by atoms with Gasteiger partial charge in [-0.15, -0.1) is 0 Å². The third kappa shape index (κ3) is 7.70. The van der Waals surface area contributed by atoms with Gasteiger partial charge in [-0.05, 0) is 50.1 Å². The molecule has 0 saturated heterocycles. The predicted octanol–water partition coefficient (Wildman–Crippen LogP) is 2.03. The molecule has 3 rings (SSSR count). The third-order valence-corrected chi connectivity index (χ3v) is 5.33. The largest absolute Gasteiger partial charge is 0.492 e. The first-order chi connectivity index (χ1) is 16.5. The number of alkyl halides is 3. The fraction of sp³-hybridized carbons (Fsp3) is 0.455. The topological polar surface area (TPSA) is 160 Å². The second kappa shape index (κ2) is 12.2. The first kappa shape index (κ1) is 27.6. The summed E-state index contributed by atoms with van der Waals surface area (Å²) >= 11 is 0. The van der Waals surface area contributed by atoms with Gasteiger partial charge in [-0.25, -0.2) is 4.79 Å². The highest BCUT2D eigenvalue weighted by Crippen LogP contribution is 2.25. The highest BCUT2D eigenvalue weighted by Gasteiger charge is 2.38. The van der Waals surface area contributed by atoms with Crippen LogP contribution in [0.25, 0.3) is 5.52 Å². The SMILES string of the molecule is NCCCOc1ccc2ccc(C(=O)N[C@H]3CCCC[C@@H]3C(=O)O)c(=O)n2c1.O=C(O)C(F)(F)F. The Morgan fingerprint density at radius 3 is 2.34 bits per heavy atom. The molecule has 2 heterocycles. The van der Waals surface area contributed by atoms with E-state index in [2.05, 4.69) is 5.32 Å². The molecule has 1 aliphatic rings. The molecular weight excluding hydrogens is 475 g/mol. The Morgan fingerprint density at radius 2 is 1.74 bits per heavy atom. The zero-order valence-electron chi connectivity index (χ0n) is 18.6. The van der Waals surface area contributed by atoms with Crippen molar-refractivity contribution in [2.45, 2.75) is 44.3 Å². The molecule has 0 aliphatic heterocycles. The van der Waals surface area contributed by atoms with Gasteiger partial charge in [0.25, 0.3) is 11.5 Å². The molecule has 2 aromatic heterocycles. The molecule has 0 bridgehead atoms. The number of carbonyl (C=O) groups is 3. The molecule has 192 valence electrons. The number of rotatable bonds is 7. The van der Waals surface area contributed by atoms with Gasteiger partial charge in [-0.1, -0.05) is 12.8 Å². The van der Waals surface area contributed by atoms with E-state index in [1.165, 1.54) is 10.5 Å². The number of carboxylic acid groups (broad SMARTS) is 2. The van der Waals surface area contributed by atoms with Gasteiger partial charge >= 0.3 is 18.1 Å². The number of nitrogens with one attached hydrogen (secondary N) is 1. The summed E-state index contributed by atoms with van der Waals surface area (Å²) in [6.07, 6.45) is -0.0335. The van der Waals surface area contributed by atoms with E-state index >= 15 is 0 Å². The second-order valence-electron chi connectivity index (χ2n) is 7.81. The van der Waals surface area contributed by atoms with Crippen molar-refractivity contribution in [3.63, 3.8) is 0 Å². The number of fused-ring (bicyclic) bond motifs is 1. The number of nitrogens with zero attached hydrogens (tertiary/aromatic N) is 1. The lowest BCUT2D eigenvalue weighted by Crippen LogP contribution is -2.46. The van der Waals surface area contributed by atoms with Crippen molar-refractivity contribution in [3.05, 3.63) is 46.4 Å². The Hall–Kier alpha value is -3.61. The molecular formula is C22H26F3N3O7. The van der Waals surface area contributed by atoms with Crippen molar-refractivity contribution >= 4 is 23.4 Å². The van der Waals surface area contributed by atoms with Gasteiger partial charge in [0.05, 0.1) is 18.7 Å². The van der Waals surface area contributed by atoms with Crippen molar-refractivity contribution in [1.82, 2.24) is 9.72 Å². The highest BCUT2D eigenvalue weighted by atomic mass is 19.4. The average molecular weight is 501 g/mol. The normalized spacial score (nSPS) is 17.7. The van der Waals surface area contributed by atoms with Crippen molar-refractivity contribution < 1.29 is 42.5 Å². The number of hydrogen-bond acceptors (Lipinski definition) is 6. The average Bonchev–Trinajstić information content (AvgIpc) is 2.79. The maximum atomic E-state index is 12.8. The van der Waals surface area contributed by atoms with Crippen LogP contribution in [-0.2, 0) is 9.59 Å². The highest BCUT2D eigenvalue weighted by molar-refractivity contribution is 5.94. The van der Waals surface area contributed by atoms with Crippen LogP contribution in [0.1, 0.15) is 42.5 Å². The molecule has 5 N–H and O–H groups in total. The summed E-state index contributed by atoms with van der Waals surface area (Å²) in [6.45, 7) is 0.950. The number of ether oxygens (including phenoxy) is 1. The van der Waals surface area contributed by atoms with Crippen LogP contribution in [0.15, 0.2) is 35.3 Å². The number of hydrogen-bond donors (Lipinski definition) is 4.